The summed E-state index contributed by atoms with van der Waals surface area (Å²) in [6.07, 6.45) is 0.655. The molecule has 3 aromatic rings. The van der Waals surface area contributed by atoms with Crippen molar-refractivity contribution in [1.82, 2.24) is 0 Å². The molecule has 126 valence electrons. The summed E-state index contributed by atoms with van der Waals surface area (Å²) >= 11 is 11.8. The first kappa shape index (κ1) is 17.5. The molecule has 0 radical (unpaired) electrons. The van der Waals surface area contributed by atoms with Crippen molar-refractivity contribution in [3.05, 3.63) is 99.0 Å². The van der Waals surface area contributed by atoms with E-state index in [1.807, 2.05) is 49.4 Å². The SMILES string of the molecule is Cc1ccc(OC(=O)c2ccc(Cl)cc2)c(Cc2ccc(Cl)cc2)c1. The van der Waals surface area contributed by atoms with Gasteiger partial charge in [0.15, 0.2) is 0 Å². The molecule has 0 aliphatic carbocycles. The van der Waals surface area contributed by atoms with E-state index in [4.69, 9.17) is 27.9 Å². The zero-order valence-corrected chi connectivity index (χ0v) is 15.1. The number of hydrogen-bond acceptors (Lipinski definition) is 2. The topological polar surface area (TPSA) is 26.3 Å². The Morgan fingerprint density at radius 1 is 0.880 bits per heavy atom. The van der Waals surface area contributed by atoms with Gasteiger partial charge in [0.2, 0.25) is 0 Å². The van der Waals surface area contributed by atoms with Crippen molar-refractivity contribution in [2.45, 2.75) is 13.3 Å². The van der Waals surface area contributed by atoms with E-state index in [9.17, 15) is 4.79 Å². The van der Waals surface area contributed by atoms with Crippen LogP contribution < -0.4 is 4.74 Å². The Balaban J connectivity index is 1.84. The molecule has 2 nitrogen and oxygen atoms in total. The zero-order valence-electron chi connectivity index (χ0n) is 13.6. The van der Waals surface area contributed by atoms with Crippen LogP contribution >= 0.6 is 23.2 Å². The molecule has 4 heteroatoms. The number of halogens is 2. The van der Waals surface area contributed by atoms with Crippen LogP contribution in [0.3, 0.4) is 0 Å². The fourth-order valence-electron chi connectivity index (χ4n) is 2.51. The maximum absolute atomic E-state index is 12.4. The first-order chi connectivity index (χ1) is 12.0. The number of hydrogen-bond donors (Lipinski definition) is 0. The predicted molar refractivity (Wildman–Crippen MR) is 102 cm³/mol. The second-order valence-electron chi connectivity index (χ2n) is 5.81. The Kier molecular flexibility index (Phi) is 5.42. The Bertz CT molecular complexity index is 885. The van der Waals surface area contributed by atoms with Crippen molar-refractivity contribution in [2.24, 2.45) is 0 Å². The largest absolute Gasteiger partial charge is 0.423 e. The van der Waals surface area contributed by atoms with Gasteiger partial charge < -0.3 is 4.74 Å². The normalized spacial score (nSPS) is 10.5. The second-order valence-corrected chi connectivity index (χ2v) is 6.68. The van der Waals surface area contributed by atoms with Gasteiger partial charge in [0, 0.05) is 16.5 Å². The van der Waals surface area contributed by atoms with Gasteiger partial charge in [0.25, 0.3) is 0 Å². The van der Waals surface area contributed by atoms with Crippen LogP contribution in [0.5, 0.6) is 5.75 Å². The van der Waals surface area contributed by atoms with Gasteiger partial charge in [0.1, 0.15) is 5.75 Å². The average Bonchev–Trinajstić information content (AvgIpc) is 2.60. The first-order valence-electron chi connectivity index (χ1n) is 7.83. The lowest BCUT2D eigenvalue weighted by atomic mass is 10.0. The molecule has 0 bridgehead atoms. The smallest absolute Gasteiger partial charge is 0.343 e. The van der Waals surface area contributed by atoms with E-state index >= 15 is 0 Å². The Hall–Kier alpha value is -2.29. The molecule has 3 rings (SSSR count). The Morgan fingerprint density at radius 3 is 2.12 bits per heavy atom. The Morgan fingerprint density at radius 2 is 1.48 bits per heavy atom. The summed E-state index contributed by atoms with van der Waals surface area (Å²) in [7, 11) is 0. The fourth-order valence-corrected chi connectivity index (χ4v) is 2.76. The first-order valence-corrected chi connectivity index (χ1v) is 8.58. The van der Waals surface area contributed by atoms with E-state index in [0.29, 0.717) is 27.8 Å². The highest BCUT2D eigenvalue weighted by atomic mass is 35.5. The van der Waals surface area contributed by atoms with Gasteiger partial charge in [-0.3, -0.25) is 0 Å². The van der Waals surface area contributed by atoms with E-state index in [1.54, 1.807) is 24.3 Å². The molecule has 0 amide bonds. The maximum Gasteiger partial charge on any atom is 0.343 e. The van der Waals surface area contributed by atoms with Crippen molar-refractivity contribution in [1.29, 1.82) is 0 Å². The van der Waals surface area contributed by atoms with Crippen LogP contribution in [0.1, 0.15) is 27.0 Å². The molecule has 0 aliphatic heterocycles. The molecule has 0 saturated carbocycles. The highest BCUT2D eigenvalue weighted by Gasteiger charge is 2.12. The van der Waals surface area contributed by atoms with Gasteiger partial charge in [-0.1, -0.05) is 53.0 Å². The van der Waals surface area contributed by atoms with Gasteiger partial charge in [0.05, 0.1) is 5.56 Å². The maximum atomic E-state index is 12.4. The number of benzene rings is 3. The molecule has 25 heavy (non-hydrogen) atoms. The highest BCUT2D eigenvalue weighted by molar-refractivity contribution is 6.30. The molecule has 3 aromatic carbocycles. The number of esters is 1. The standard InChI is InChI=1S/C21H16Cl2O2/c1-14-2-11-20(25-21(24)16-5-9-19(23)10-6-16)17(12-14)13-15-3-7-18(22)8-4-15/h2-12H,13H2,1H3. The lowest BCUT2D eigenvalue weighted by Crippen LogP contribution is -2.10. The lowest BCUT2D eigenvalue weighted by Gasteiger charge is -2.12. The molecule has 0 atom stereocenters. The van der Waals surface area contributed by atoms with E-state index in [0.717, 1.165) is 16.7 Å². The van der Waals surface area contributed by atoms with Crippen LogP contribution in [0.4, 0.5) is 0 Å². The van der Waals surface area contributed by atoms with E-state index < -0.39 is 5.97 Å². The molecule has 0 saturated heterocycles. The molecular weight excluding hydrogens is 355 g/mol. The predicted octanol–water partition coefficient (Wildman–Crippen LogP) is 6.11. The summed E-state index contributed by atoms with van der Waals surface area (Å²) in [5.41, 5.74) is 3.61. The number of ether oxygens (including phenoxy) is 1. The molecule has 0 heterocycles. The Labute approximate surface area is 157 Å². The number of rotatable bonds is 4. The number of carbonyl (C=O) groups is 1. The molecular formula is C21H16Cl2O2. The van der Waals surface area contributed by atoms with Crippen molar-refractivity contribution < 1.29 is 9.53 Å². The summed E-state index contributed by atoms with van der Waals surface area (Å²) < 4.78 is 5.61. The van der Waals surface area contributed by atoms with Gasteiger partial charge in [-0.2, -0.15) is 0 Å². The summed E-state index contributed by atoms with van der Waals surface area (Å²) in [5, 5.41) is 1.28. The third-order valence-corrected chi connectivity index (χ3v) is 4.31. The molecule has 0 spiro atoms. The van der Waals surface area contributed by atoms with Crippen molar-refractivity contribution in [2.75, 3.05) is 0 Å². The van der Waals surface area contributed by atoms with Crippen molar-refractivity contribution in [3.8, 4) is 5.75 Å². The van der Waals surface area contributed by atoms with Crippen LogP contribution in [0.15, 0.2) is 66.7 Å². The van der Waals surface area contributed by atoms with Gasteiger partial charge in [-0.25, -0.2) is 4.79 Å². The average molecular weight is 371 g/mol. The summed E-state index contributed by atoms with van der Waals surface area (Å²) in [6.45, 7) is 2.01. The third kappa shape index (κ3) is 4.62. The minimum Gasteiger partial charge on any atom is -0.423 e. The summed E-state index contributed by atoms with van der Waals surface area (Å²) in [6, 6.07) is 20.1. The quantitative estimate of drug-likeness (QED) is 0.408. The molecule has 0 fully saturated rings. The van der Waals surface area contributed by atoms with Crippen molar-refractivity contribution in [3.63, 3.8) is 0 Å². The molecule has 0 unspecified atom stereocenters. The van der Waals surface area contributed by atoms with E-state index in [-0.39, 0.29) is 0 Å². The lowest BCUT2D eigenvalue weighted by molar-refractivity contribution is 0.0733. The monoisotopic (exact) mass is 370 g/mol. The van der Waals surface area contributed by atoms with Gasteiger partial charge in [-0.05, 0) is 60.5 Å². The van der Waals surface area contributed by atoms with Crippen LogP contribution in [0, 0.1) is 6.92 Å². The summed E-state index contributed by atoms with van der Waals surface area (Å²) in [4.78, 5) is 12.4. The van der Waals surface area contributed by atoms with Crippen LogP contribution in [-0.4, -0.2) is 5.97 Å². The number of aryl methyl sites for hydroxylation is 1. The third-order valence-electron chi connectivity index (χ3n) is 3.81. The molecule has 0 aliphatic rings. The van der Waals surface area contributed by atoms with Gasteiger partial charge in [-0.15, -0.1) is 0 Å². The van der Waals surface area contributed by atoms with E-state index in [1.165, 1.54) is 0 Å². The molecule has 0 aromatic heterocycles. The van der Waals surface area contributed by atoms with Crippen LogP contribution in [-0.2, 0) is 6.42 Å². The fraction of sp³-hybridized carbons (Fsp3) is 0.0952. The number of carbonyl (C=O) groups excluding carboxylic acids is 1. The minimum atomic E-state index is -0.405. The minimum absolute atomic E-state index is 0.405. The highest BCUT2D eigenvalue weighted by Crippen LogP contribution is 2.25. The van der Waals surface area contributed by atoms with Crippen molar-refractivity contribution >= 4 is 29.2 Å². The van der Waals surface area contributed by atoms with Gasteiger partial charge >= 0.3 is 5.97 Å². The second kappa shape index (κ2) is 7.73. The van der Waals surface area contributed by atoms with Crippen LogP contribution in [0.2, 0.25) is 10.0 Å². The van der Waals surface area contributed by atoms with Crippen LogP contribution in [0.25, 0.3) is 0 Å². The zero-order chi connectivity index (χ0) is 17.8. The van der Waals surface area contributed by atoms with E-state index in [2.05, 4.69) is 0 Å². The molecule has 0 N–H and O–H groups in total. The summed E-state index contributed by atoms with van der Waals surface area (Å²) in [5.74, 6) is 0.151.